The molecule has 2 N–H and O–H groups in total. The Bertz CT molecular complexity index is 1370. The van der Waals surface area contributed by atoms with E-state index in [0.29, 0.717) is 28.5 Å². The number of amides is 1. The van der Waals surface area contributed by atoms with Crippen LogP contribution in [0.2, 0.25) is 0 Å². The molecule has 1 aliphatic heterocycles. The second-order valence-corrected chi connectivity index (χ2v) is 10.0. The minimum Gasteiger partial charge on any atom is -0.618 e. The van der Waals surface area contributed by atoms with E-state index in [1.807, 2.05) is 72.8 Å². The number of nitrogens with one attached hydrogen (secondary N) is 1. The molecule has 0 radical (unpaired) electrons. The lowest BCUT2D eigenvalue weighted by atomic mass is 10.0. The summed E-state index contributed by atoms with van der Waals surface area (Å²) in [4.78, 5) is 12.7. The van der Waals surface area contributed by atoms with Crippen molar-refractivity contribution in [2.24, 2.45) is 0 Å². The van der Waals surface area contributed by atoms with Gasteiger partial charge in [0.2, 0.25) is 0 Å². The van der Waals surface area contributed by atoms with Crippen molar-refractivity contribution < 1.29 is 24.1 Å². The van der Waals surface area contributed by atoms with Crippen LogP contribution in [-0.2, 0) is 16.1 Å². The second kappa shape index (κ2) is 12.2. The number of nitrogens with zero attached hydrogens (tertiary/aromatic N) is 1. The van der Waals surface area contributed by atoms with E-state index in [-0.39, 0.29) is 24.7 Å². The molecule has 1 amide bonds. The maximum atomic E-state index is 12.7. The van der Waals surface area contributed by atoms with E-state index in [0.717, 1.165) is 21.4 Å². The molecule has 38 heavy (non-hydrogen) atoms. The largest absolute Gasteiger partial charge is 0.618 e. The Morgan fingerprint density at radius 2 is 1.74 bits per heavy atom. The molecular formula is C30H28N2O5S. The standard InChI is InChI=1S/C30H28N2O5S/c33-19-21-12-14-22(15-13-21)27-18-26(20-38-28-11-4-5-16-32(28)35)36-30(37-27)24-9-6-10-25(17-24)31-29(34)23-7-2-1-3-8-23/h1-17,26-27,30,33H,18-20H2,(H,31,34)/t26-,27+,30+/m1/s1. The number of thioether (sulfide) groups is 1. The van der Waals surface area contributed by atoms with Crippen molar-refractivity contribution in [2.45, 2.75) is 36.6 Å². The molecule has 7 nitrogen and oxygen atoms in total. The fourth-order valence-electron chi connectivity index (χ4n) is 4.28. The van der Waals surface area contributed by atoms with Gasteiger partial charge in [0, 0.05) is 41.1 Å². The summed E-state index contributed by atoms with van der Waals surface area (Å²) in [5, 5.41) is 25.1. The van der Waals surface area contributed by atoms with Crippen LogP contribution in [0.4, 0.5) is 5.69 Å². The van der Waals surface area contributed by atoms with Crippen molar-refractivity contribution >= 4 is 23.4 Å². The van der Waals surface area contributed by atoms with Gasteiger partial charge in [-0.2, -0.15) is 4.73 Å². The Labute approximate surface area is 225 Å². The normalized spacial score (nSPS) is 19.1. The first kappa shape index (κ1) is 25.9. The van der Waals surface area contributed by atoms with Crippen LogP contribution in [0, 0.1) is 5.21 Å². The minimum atomic E-state index is -0.666. The summed E-state index contributed by atoms with van der Waals surface area (Å²) in [5.74, 6) is 0.375. The number of aliphatic hydroxyl groups excluding tert-OH is 1. The molecule has 1 aliphatic rings. The molecule has 1 fully saturated rings. The van der Waals surface area contributed by atoms with Gasteiger partial charge in [-0.1, -0.05) is 66.4 Å². The number of hydrogen-bond donors (Lipinski definition) is 2. The maximum absolute atomic E-state index is 12.7. The number of aromatic nitrogens is 1. The molecule has 5 rings (SSSR count). The Hall–Kier alpha value is -3.69. The fourth-order valence-corrected chi connectivity index (χ4v) is 5.22. The van der Waals surface area contributed by atoms with Gasteiger partial charge in [0.1, 0.15) is 0 Å². The number of pyridine rings is 1. The quantitative estimate of drug-likeness (QED) is 0.181. The number of benzene rings is 3. The number of carbonyl (C=O) groups excluding carboxylic acids is 1. The first-order valence-corrected chi connectivity index (χ1v) is 13.4. The summed E-state index contributed by atoms with van der Waals surface area (Å²) in [6, 6.07) is 29.5. The SMILES string of the molecule is O=C(Nc1cccc([C@H]2O[C@@H](CSc3cccc[n+]3[O-])C[C@@H](c3ccc(CO)cc3)O2)c1)c1ccccc1. The highest BCUT2D eigenvalue weighted by Crippen LogP contribution is 2.39. The summed E-state index contributed by atoms with van der Waals surface area (Å²) in [6.07, 6.45) is 0.990. The van der Waals surface area contributed by atoms with E-state index in [1.54, 1.807) is 24.3 Å². The molecule has 2 heterocycles. The highest BCUT2D eigenvalue weighted by Gasteiger charge is 2.33. The summed E-state index contributed by atoms with van der Waals surface area (Å²) in [7, 11) is 0. The summed E-state index contributed by atoms with van der Waals surface area (Å²) in [5.41, 5.74) is 3.80. The van der Waals surface area contributed by atoms with E-state index >= 15 is 0 Å². The maximum Gasteiger partial charge on any atom is 0.255 e. The smallest absolute Gasteiger partial charge is 0.255 e. The molecule has 0 unspecified atom stereocenters. The number of hydrogen-bond acceptors (Lipinski definition) is 6. The van der Waals surface area contributed by atoms with E-state index in [4.69, 9.17) is 9.47 Å². The third-order valence-electron chi connectivity index (χ3n) is 6.27. The Balaban J connectivity index is 1.36. The van der Waals surface area contributed by atoms with Crippen molar-refractivity contribution in [3.63, 3.8) is 0 Å². The van der Waals surface area contributed by atoms with Gasteiger partial charge in [-0.05, 0) is 41.5 Å². The van der Waals surface area contributed by atoms with Crippen molar-refractivity contribution in [1.82, 2.24) is 0 Å². The molecule has 1 aromatic heterocycles. The van der Waals surface area contributed by atoms with Crippen LogP contribution in [0.25, 0.3) is 0 Å². The number of carbonyl (C=O) groups is 1. The third-order valence-corrected chi connectivity index (χ3v) is 7.42. The molecule has 194 valence electrons. The Morgan fingerprint density at radius 3 is 2.50 bits per heavy atom. The van der Waals surface area contributed by atoms with Crippen LogP contribution in [-0.4, -0.2) is 22.9 Å². The topological polar surface area (TPSA) is 94.7 Å². The molecule has 3 atom stereocenters. The molecule has 4 aromatic rings. The number of rotatable bonds is 8. The molecule has 0 bridgehead atoms. The summed E-state index contributed by atoms with van der Waals surface area (Å²) >= 11 is 1.44. The van der Waals surface area contributed by atoms with Crippen molar-refractivity contribution in [3.8, 4) is 0 Å². The molecule has 0 spiro atoms. The summed E-state index contributed by atoms with van der Waals surface area (Å²) in [6.45, 7) is -0.0232. The lowest BCUT2D eigenvalue weighted by Crippen LogP contribution is -2.32. The lowest BCUT2D eigenvalue weighted by Gasteiger charge is -2.36. The van der Waals surface area contributed by atoms with E-state index in [1.165, 1.54) is 18.0 Å². The van der Waals surface area contributed by atoms with Gasteiger partial charge in [0.15, 0.2) is 12.5 Å². The first-order valence-electron chi connectivity index (χ1n) is 12.4. The second-order valence-electron chi connectivity index (χ2n) is 8.97. The predicted molar refractivity (Wildman–Crippen MR) is 145 cm³/mol. The zero-order valence-corrected chi connectivity index (χ0v) is 21.4. The van der Waals surface area contributed by atoms with Crippen LogP contribution in [0.1, 0.15) is 45.9 Å². The van der Waals surface area contributed by atoms with Crippen LogP contribution < -0.4 is 10.0 Å². The van der Waals surface area contributed by atoms with Gasteiger partial charge in [-0.15, -0.1) is 0 Å². The van der Waals surface area contributed by atoms with Gasteiger partial charge >= 0.3 is 0 Å². The Morgan fingerprint density at radius 1 is 0.947 bits per heavy atom. The van der Waals surface area contributed by atoms with Gasteiger partial charge in [-0.3, -0.25) is 4.79 Å². The number of anilines is 1. The highest BCUT2D eigenvalue weighted by atomic mass is 32.2. The van der Waals surface area contributed by atoms with Crippen LogP contribution in [0.3, 0.4) is 0 Å². The van der Waals surface area contributed by atoms with Crippen LogP contribution in [0.5, 0.6) is 0 Å². The number of aliphatic hydroxyl groups is 1. The van der Waals surface area contributed by atoms with Crippen LogP contribution >= 0.6 is 11.8 Å². The monoisotopic (exact) mass is 528 g/mol. The summed E-state index contributed by atoms with van der Waals surface area (Å²) < 4.78 is 13.6. The highest BCUT2D eigenvalue weighted by molar-refractivity contribution is 7.99. The molecular weight excluding hydrogens is 500 g/mol. The van der Waals surface area contributed by atoms with Gasteiger partial charge < -0.3 is 25.1 Å². The molecule has 8 heteroatoms. The minimum absolute atomic E-state index is 0.0232. The lowest BCUT2D eigenvalue weighted by molar-refractivity contribution is -0.645. The average molecular weight is 529 g/mol. The molecule has 3 aromatic carbocycles. The van der Waals surface area contributed by atoms with Gasteiger partial charge in [-0.25, -0.2) is 0 Å². The third kappa shape index (κ3) is 6.41. The first-order chi connectivity index (χ1) is 18.6. The van der Waals surface area contributed by atoms with E-state index in [9.17, 15) is 15.1 Å². The zero-order chi connectivity index (χ0) is 26.3. The van der Waals surface area contributed by atoms with Crippen molar-refractivity contribution in [3.05, 3.63) is 131 Å². The van der Waals surface area contributed by atoms with E-state index in [2.05, 4.69) is 5.32 Å². The fraction of sp³-hybridized carbons (Fsp3) is 0.200. The molecule has 0 aliphatic carbocycles. The van der Waals surface area contributed by atoms with Crippen molar-refractivity contribution in [2.75, 3.05) is 11.1 Å². The average Bonchev–Trinajstić information content (AvgIpc) is 2.97. The molecule has 1 saturated heterocycles. The Kier molecular flexibility index (Phi) is 8.35. The predicted octanol–water partition coefficient (Wildman–Crippen LogP) is 5.40. The van der Waals surface area contributed by atoms with Gasteiger partial charge in [0.25, 0.3) is 10.9 Å². The number of ether oxygens (including phenoxy) is 2. The van der Waals surface area contributed by atoms with Crippen LogP contribution in [0.15, 0.2) is 108 Å². The van der Waals surface area contributed by atoms with Gasteiger partial charge in [0.05, 0.1) is 18.8 Å². The van der Waals surface area contributed by atoms with E-state index < -0.39 is 6.29 Å². The van der Waals surface area contributed by atoms with Crippen molar-refractivity contribution in [1.29, 1.82) is 0 Å². The molecule has 0 saturated carbocycles. The zero-order valence-electron chi connectivity index (χ0n) is 20.6.